The van der Waals surface area contributed by atoms with Crippen LogP contribution in [-0.4, -0.2) is 34.9 Å². The summed E-state index contributed by atoms with van der Waals surface area (Å²) in [6.07, 6.45) is 10.3. The molecule has 1 aliphatic heterocycles. The number of H-pyrrole nitrogens is 1. The first-order chi connectivity index (χ1) is 17.6. The Kier molecular flexibility index (Phi) is 7.59. The summed E-state index contributed by atoms with van der Waals surface area (Å²) in [6.45, 7) is 2.84. The topological polar surface area (TPSA) is 71.6 Å². The van der Waals surface area contributed by atoms with Crippen LogP contribution in [0.15, 0.2) is 48.7 Å². The highest BCUT2D eigenvalue weighted by Crippen LogP contribution is 2.38. The minimum Gasteiger partial charge on any atom is -0.454 e. The van der Waals surface area contributed by atoms with E-state index in [1.165, 1.54) is 19.3 Å². The molecule has 1 unspecified atom stereocenters. The van der Waals surface area contributed by atoms with E-state index >= 15 is 0 Å². The first kappa shape index (κ1) is 24.4. The third-order valence-corrected chi connectivity index (χ3v) is 7.63. The highest BCUT2D eigenvalue weighted by atomic mass is 16.7. The maximum Gasteiger partial charge on any atom is 0.231 e. The fourth-order valence-corrected chi connectivity index (χ4v) is 5.68. The zero-order valence-corrected chi connectivity index (χ0v) is 21.1. The second kappa shape index (κ2) is 11.2. The molecule has 1 amide bonds. The molecule has 2 aliphatic rings. The van der Waals surface area contributed by atoms with Gasteiger partial charge in [-0.1, -0.05) is 69.7 Å². The minimum absolute atomic E-state index is 0.0205. The van der Waals surface area contributed by atoms with Crippen LogP contribution in [0.5, 0.6) is 11.5 Å². The Morgan fingerprint density at radius 3 is 2.69 bits per heavy atom. The highest BCUT2D eigenvalue weighted by molar-refractivity contribution is 5.93. The van der Waals surface area contributed by atoms with Crippen molar-refractivity contribution in [2.75, 3.05) is 13.3 Å². The summed E-state index contributed by atoms with van der Waals surface area (Å²) in [5, 5.41) is 1.05. The monoisotopic (exact) mass is 488 g/mol. The number of benzene rings is 2. The lowest BCUT2D eigenvalue weighted by Gasteiger charge is -2.33. The van der Waals surface area contributed by atoms with Crippen molar-refractivity contribution in [3.8, 4) is 11.5 Å². The molecule has 1 aliphatic carbocycles. The summed E-state index contributed by atoms with van der Waals surface area (Å²) in [7, 11) is 0. The van der Waals surface area contributed by atoms with Crippen LogP contribution in [0.4, 0.5) is 0 Å². The average molecular weight is 489 g/mol. The van der Waals surface area contributed by atoms with E-state index in [0.29, 0.717) is 30.4 Å². The Labute approximate surface area is 213 Å². The van der Waals surface area contributed by atoms with E-state index in [2.05, 4.69) is 11.9 Å². The van der Waals surface area contributed by atoms with Gasteiger partial charge in [-0.15, -0.1) is 0 Å². The van der Waals surface area contributed by atoms with E-state index in [-0.39, 0.29) is 24.9 Å². The number of para-hydroxylation sites is 1. The van der Waals surface area contributed by atoms with E-state index in [1.54, 1.807) is 0 Å². The summed E-state index contributed by atoms with van der Waals surface area (Å²) in [5.74, 6) is 1.83. The van der Waals surface area contributed by atoms with Crippen molar-refractivity contribution in [1.29, 1.82) is 0 Å². The van der Waals surface area contributed by atoms with Crippen LogP contribution < -0.4 is 9.47 Å². The molecule has 0 bridgehead atoms. The van der Waals surface area contributed by atoms with Crippen molar-refractivity contribution in [1.82, 2.24) is 9.88 Å². The number of unbranched alkanes of at least 4 members (excludes halogenated alkanes) is 1. The number of carbonyl (C=O) groups excluding carboxylic acids is 2. The fraction of sp³-hybridized carbons (Fsp3) is 0.467. The molecule has 1 atom stereocenters. The number of Topliss-reactive ketones (excluding diaryl/α,β-unsaturated/α-hetero) is 1. The first-order valence-corrected chi connectivity index (χ1v) is 13.4. The summed E-state index contributed by atoms with van der Waals surface area (Å²) in [6, 6.07) is 13.1. The minimum atomic E-state index is -0.620. The van der Waals surface area contributed by atoms with Crippen LogP contribution in [0.2, 0.25) is 0 Å². The zero-order chi connectivity index (χ0) is 24.9. The summed E-state index contributed by atoms with van der Waals surface area (Å²) in [4.78, 5) is 33.0. The maximum absolute atomic E-state index is 14.0. The number of amides is 1. The number of nitrogens with one attached hydrogen (secondary N) is 1. The van der Waals surface area contributed by atoms with Gasteiger partial charge in [0.1, 0.15) is 6.04 Å². The molecule has 2 aromatic carbocycles. The van der Waals surface area contributed by atoms with E-state index in [1.807, 2.05) is 53.6 Å². The van der Waals surface area contributed by atoms with E-state index < -0.39 is 6.04 Å². The molecule has 2 heterocycles. The number of fused-ring (bicyclic) bond motifs is 2. The van der Waals surface area contributed by atoms with Gasteiger partial charge in [0.25, 0.3) is 0 Å². The molecule has 6 heteroatoms. The van der Waals surface area contributed by atoms with Gasteiger partial charge in [0, 0.05) is 30.1 Å². The van der Waals surface area contributed by atoms with Crippen molar-refractivity contribution in [2.45, 2.75) is 70.8 Å². The molecule has 1 aromatic heterocycles. The van der Waals surface area contributed by atoms with Crippen LogP contribution in [0.1, 0.15) is 75.5 Å². The van der Waals surface area contributed by atoms with Gasteiger partial charge >= 0.3 is 0 Å². The van der Waals surface area contributed by atoms with Crippen LogP contribution in [0.3, 0.4) is 0 Å². The molecule has 5 rings (SSSR count). The second-order valence-corrected chi connectivity index (χ2v) is 10.2. The zero-order valence-electron chi connectivity index (χ0n) is 21.1. The number of carbonyl (C=O) groups is 2. The van der Waals surface area contributed by atoms with Gasteiger partial charge in [-0.2, -0.15) is 0 Å². The second-order valence-electron chi connectivity index (χ2n) is 10.2. The van der Waals surface area contributed by atoms with E-state index in [9.17, 15) is 9.59 Å². The molecule has 0 saturated heterocycles. The third-order valence-electron chi connectivity index (χ3n) is 7.63. The van der Waals surface area contributed by atoms with Gasteiger partial charge in [0.2, 0.25) is 12.7 Å². The smallest absolute Gasteiger partial charge is 0.231 e. The molecule has 1 fully saturated rings. The normalized spacial score (nSPS) is 16.2. The molecule has 3 aromatic rings. The maximum atomic E-state index is 14.0. The van der Waals surface area contributed by atoms with Gasteiger partial charge < -0.3 is 19.4 Å². The number of aromatic amines is 1. The molecular formula is C30H36N2O4. The number of ketones is 1. The lowest BCUT2D eigenvalue weighted by molar-refractivity contribution is -0.140. The number of aromatic nitrogens is 1. The Hall–Kier alpha value is -3.28. The van der Waals surface area contributed by atoms with Crippen LogP contribution in [0, 0.1) is 5.92 Å². The fourth-order valence-electron chi connectivity index (χ4n) is 5.68. The summed E-state index contributed by atoms with van der Waals surface area (Å²) in [5.41, 5.74) is 2.78. The van der Waals surface area contributed by atoms with Crippen LogP contribution >= 0.6 is 0 Å². The average Bonchev–Trinajstić information content (AvgIpc) is 3.53. The SMILES string of the molecule is CCCCN(C(=O)Cc1c[nH]c2ccccc12)C(C(=O)CC1CCCCC1)c1ccc2c(c1)OCO2. The quantitative estimate of drug-likeness (QED) is 0.361. The molecule has 36 heavy (non-hydrogen) atoms. The van der Waals surface area contributed by atoms with Crippen LogP contribution in [-0.2, 0) is 16.0 Å². The van der Waals surface area contributed by atoms with Gasteiger partial charge in [0.15, 0.2) is 17.3 Å². The summed E-state index contributed by atoms with van der Waals surface area (Å²) >= 11 is 0. The largest absolute Gasteiger partial charge is 0.454 e. The number of hydrogen-bond donors (Lipinski definition) is 1. The lowest BCUT2D eigenvalue weighted by atomic mass is 9.83. The van der Waals surface area contributed by atoms with Gasteiger partial charge in [-0.25, -0.2) is 0 Å². The van der Waals surface area contributed by atoms with Crippen molar-refractivity contribution in [2.24, 2.45) is 5.92 Å². The lowest BCUT2D eigenvalue weighted by Crippen LogP contribution is -2.41. The van der Waals surface area contributed by atoms with Crippen LogP contribution in [0.25, 0.3) is 10.9 Å². The predicted molar refractivity (Wildman–Crippen MR) is 140 cm³/mol. The van der Waals surface area contributed by atoms with E-state index in [0.717, 1.165) is 47.7 Å². The standard InChI is InChI=1S/C30H36N2O4/c1-2-3-15-32(29(34)18-23-19-31-25-12-8-7-11-24(23)25)30(26(33)16-21-9-5-4-6-10-21)22-13-14-27-28(17-22)36-20-35-27/h7-8,11-14,17,19,21,30-31H,2-6,9-10,15-16,18,20H2,1H3. The highest BCUT2D eigenvalue weighted by Gasteiger charge is 2.33. The van der Waals surface area contributed by atoms with Crippen molar-refractivity contribution in [3.63, 3.8) is 0 Å². The molecule has 0 radical (unpaired) electrons. The number of hydrogen-bond acceptors (Lipinski definition) is 4. The van der Waals surface area contributed by atoms with Crippen molar-refractivity contribution in [3.05, 3.63) is 59.8 Å². The van der Waals surface area contributed by atoms with Gasteiger partial charge in [-0.05, 0) is 41.7 Å². The third kappa shape index (κ3) is 5.28. The van der Waals surface area contributed by atoms with Gasteiger partial charge in [-0.3, -0.25) is 9.59 Å². The Bertz CT molecular complexity index is 1210. The predicted octanol–water partition coefficient (Wildman–Crippen LogP) is 6.35. The Balaban J connectivity index is 1.47. The number of rotatable bonds is 10. The Morgan fingerprint density at radius 1 is 1.06 bits per heavy atom. The molecule has 6 nitrogen and oxygen atoms in total. The molecule has 1 saturated carbocycles. The summed E-state index contributed by atoms with van der Waals surface area (Å²) < 4.78 is 11.1. The van der Waals surface area contributed by atoms with Crippen molar-refractivity contribution >= 4 is 22.6 Å². The van der Waals surface area contributed by atoms with Crippen molar-refractivity contribution < 1.29 is 19.1 Å². The van der Waals surface area contributed by atoms with E-state index in [4.69, 9.17) is 9.47 Å². The first-order valence-electron chi connectivity index (χ1n) is 13.4. The molecule has 0 spiro atoms. The Morgan fingerprint density at radius 2 is 1.86 bits per heavy atom. The molecule has 190 valence electrons. The van der Waals surface area contributed by atoms with Gasteiger partial charge in [0.05, 0.1) is 6.42 Å². The molecular weight excluding hydrogens is 452 g/mol. The number of nitrogens with zero attached hydrogens (tertiary/aromatic N) is 1. The molecule has 1 N–H and O–H groups in total. The number of ether oxygens (including phenoxy) is 2.